The predicted octanol–water partition coefficient (Wildman–Crippen LogP) is 4.74. The van der Waals surface area contributed by atoms with E-state index in [1.165, 1.54) is 11.1 Å². The molecule has 0 saturated carbocycles. The highest BCUT2D eigenvalue weighted by molar-refractivity contribution is 5.80. The van der Waals surface area contributed by atoms with Crippen molar-refractivity contribution < 1.29 is 0 Å². The van der Waals surface area contributed by atoms with Crippen molar-refractivity contribution in [3.63, 3.8) is 0 Å². The number of nitrogens with zero attached hydrogens (tertiary/aromatic N) is 2. The molecule has 0 atom stereocenters. The van der Waals surface area contributed by atoms with Crippen LogP contribution in [0.25, 0.3) is 22.4 Å². The maximum absolute atomic E-state index is 9.49. The molecule has 0 saturated heterocycles. The molecule has 0 aliphatic rings. The second-order valence-corrected chi connectivity index (χ2v) is 5.84. The van der Waals surface area contributed by atoms with Crippen LogP contribution in [0.5, 0.6) is 0 Å². The van der Waals surface area contributed by atoms with Crippen LogP contribution in [0, 0.1) is 18.3 Å². The van der Waals surface area contributed by atoms with E-state index in [1.54, 1.807) is 0 Å². The molecule has 0 spiro atoms. The first-order valence-corrected chi connectivity index (χ1v) is 7.99. The Morgan fingerprint density at radius 1 is 1.00 bits per heavy atom. The molecule has 24 heavy (non-hydrogen) atoms. The van der Waals surface area contributed by atoms with Gasteiger partial charge in [-0.3, -0.25) is 0 Å². The fourth-order valence-corrected chi connectivity index (χ4v) is 2.70. The normalized spacial score (nSPS) is 10.4. The van der Waals surface area contributed by atoms with Gasteiger partial charge in [0.25, 0.3) is 0 Å². The van der Waals surface area contributed by atoms with E-state index < -0.39 is 0 Å². The van der Waals surface area contributed by atoms with E-state index in [-0.39, 0.29) is 5.82 Å². The van der Waals surface area contributed by atoms with Gasteiger partial charge in [-0.1, -0.05) is 61.0 Å². The maximum Gasteiger partial charge on any atom is 0.142 e. The first-order chi connectivity index (χ1) is 11.6. The third-order valence-electron chi connectivity index (χ3n) is 4.18. The Kier molecular flexibility index (Phi) is 4.31. The summed E-state index contributed by atoms with van der Waals surface area (Å²) in [5.74, 6) is 0.269. The molecule has 0 unspecified atom stereocenters. The first-order valence-electron chi connectivity index (χ1n) is 7.99. The second kappa shape index (κ2) is 6.55. The lowest BCUT2D eigenvalue weighted by Gasteiger charge is -2.11. The van der Waals surface area contributed by atoms with E-state index in [4.69, 9.17) is 5.73 Å². The van der Waals surface area contributed by atoms with Crippen LogP contribution in [0.15, 0.2) is 54.6 Å². The third-order valence-corrected chi connectivity index (χ3v) is 4.18. The predicted molar refractivity (Wildman–Crippen MR) is 98.4 cm³/mol. The molecule has 3 rings (SSSR count). The number of hydrogen-bond donors (Lipinski definition) is 1. The average molecular weight is 313 g/mol. The Labute approximate surface area is 142 Å². The topological polar surface area (TPSA) is 62.7 Å². The van der Waals surface area contributed by atoms with Gasteiger partial charge in [0, 0.05) is 11.1 Å². The Balaban J connectivity index is 2.16. The van der Waals surface area contributed by atoms with Gasteiger partial charge >= 0.3 is 0 Å². The summed E-state index contributed by atoms with van der Waals surface area (Å²) in [7, 11) is 0. The van der Waals surface area contributed by atoms with Gasteiger partial charge in [-0.2, -0.15) is 5.26 Å². The Morgan fingerprint density at radius 3 is 2.21 bits per heavy atom. The number of aryl methyl sites for hydroxylation is 2. The summed E-state index contributed by atoms with van der Waals surface area (Å²) in [6.45, 7) is 4.17. The highest BCUT2D eigenvalue weighted by Gasteiger charge is 2.13. The zero-order chi connectivity index (χ0) is 17.1. The van der Waals surface area contributed by atoms with Gasteiger partial charge in [0.1, 0.15) is 17.5 Å². The van der Waals surface area contributed by atoms with Crippen LogP contribution in [0.1, 0.15) is 23.6 Å². The molecule has 0 amide bonds. The summed E-state index contributed by atoms with van der Waals surface area (Å²) < 4.78 is 0. The summed E-state index contributed by atoms with van der Waals surface area (Å²) in [6, 6.07) is 20.5. The van der Waals surface area contributed by atoms with Crippen LogP contribution < -0.4 is 5.73 Å². The first kappa shape index (κ1) is 15.8. The van der Waals surface area contributed by atoms with Crippen molar-refractivity contribution in [3.8, 4) is 28.5 Å². The number of nitriles is 1. The number of aromatic nitrogens is 1. The Bertz CT molecular complexity index is 902. The van der Waals surface area contributed by atoms with Crippen LogP contribution in [-0.4, -0.2) is 4.98 Å². The maximum atomic E-state index is 9.49. The van der Waals surface area contributed by atoms with Gasteiger partial charge < -0.3 is 5.73 Å². The second-order valence-electron chi connectivity index (χ2n) is 5.84. The summed E-state index contributed by atoms with van der Waals surface area (Å²) >= 11 is 0. The van der Waals surface area contributed by atoms with Crippen molar-refractivity contribution in [3.05, 3.63) is 71.3 Å². The van der Waals surface area contributed by atoms with E-state index in [0.29, 0.717) is 5.56 Å². The van der Waals surface area contributed by atoms with E-state index in [1.807, 2.05) is 49.4 Å². The molecule has 0 aliphatic carbocycles. The molecule has 3 heteroatoms. The van der Waals surface area contributed by atoms with E-state index in [2.05, 4.69) is 30.1 Å². The number of pyridine rings is 1. The van der Waals surface area contributed by atoms with E-state index in [0.717, 1.165) is 28.8 Å². The summed E-state index contributed by atoms with van der Waals surface area (Å²) in [6.07, 6.45) is 0.985. The van der Waals surface area contributed by atoms with Crippen molar-refractivity contribution in [1.29, 1.82) is 5.26 Å². The van der Waals surface area contributed by atoms with Gasteiger partial charge in [-0.15, -0.1) is 0 Å². The van der Waals surface area contributed by atoms with Crippen molar-refractivity contribution in [2.75, 3.05) is 5.73 Å². The molecular weight excluding hydrogens is 294 g/mol. The van der Waals surface area contributed by atoms with E-state index >= 15 is 0 Å². The molecule has 2 aromatic carbocycles. The minimum Gasteiger partial charge on any atom is -0.383 e. The van der Waals surface area contributed by atoms with Crippen molar-refractivity contribution in [2.45, 2.75) is 20.3 Å². The van der Waals surface area contributed by atoms with Gasteiger partial charge in [0.15, 0.2) is 0 Å². The molecule has 3 nitrogen and oxygen atoms in total. The lowest BCUT2D eigenvalue weighted by atomic mass is 9.97. The molecular formula is C21H19N3. The Hall–Kier alpha value is -3.12. The fourth-order valence-electron chi connectivity index (χ4n) is 2.70. The lowest BCUT2D eigenvalue weighted by Crippen LogP contribution is -2.00. The summed E-state index contributed by atoms with van der Waals surface area (Å²) in [5, 5.41) is 9.49. The van der Waals surface area contributed by atoms with Crippen LogP contribution in [0.2, 0.25) is 0 Å². The number of nitrogens with two attached hydrogens (primary N) is 1. The van der Waals surface area contributed by atoms with E-state index in [9.17, 15) is 5.26 Å². The minimum absolute atomic E-state index is 0.269. The smallest absolute Gasteiger partial charge is 0.142 e. The fraction of sp³-hybridized carbons (Fsp3) is 0.143. The number of nitrogen functional groups attached to an aromatic ring is 1. The number of hydrogen-bond acceptors (Lipinski definition) is 3. The third kappa shape index (κ3) is 3.00. The van der Waals surface area contributed by atoms with Crippen molar-refractivity contribution >= 4 is 5.82 Å². The van der Waals surface area contributed by atoms with Crippen LogP contribution in [0.3, 0.4) is 0 Å². The highest BCUT2D eigenvalue weighted by Crippen LogP contribution is 2.31. The number of benzene rings is 2. The summed E-state index contributed by atoms with van der Waals surface area (Å²) in [5.41, 5.74) is 12.5. The van der Waals surface area contributed by atoms with Gasteiger partial charge in [-0.25, -0.2) is 4.98 Å². The lowest BCUT2D eigenvalue weighted by molar-refractivity contribution is 1.14. The molecule has 1 heterocycles. The quantitative estimate of drug-likeness (QED) is 0.759. The molecule has 118 valence electrons. The van der Waals surface area contributed by atoms with Crippen LogP contribution in [0.4, 0.5) is 5.82 Å². The molecule has 0 radical (unpaired) electrons. The van der Waals surface area contributed by atoms with Gasteiger partial charge in [-0.05, 0) is 30.5 Å². The van der Waals surface area contributed by atoms with Crippen LogP contribution in [-0.2, 0) is 6.42 Å². The Morgan fingerprint density at radius 2 is 1.62 bits per heavy atom. The molecule has 0 bridgehead atoms. The van der Waals surface area contributed by atoms with Crippen LogP contribution >= 0.6 is 0 Å². The van der Waals surface area contributed by atoms with Crippen molar-refractivity contribution in [2.24, 2.45) is 0 Å². The standard InChI is InChI=1S/C21H19N3/c1-3-15-6-10-16(11-7-15)18-12-20(24-21(23)19(18)13-22)17-8-4-14(2)5-9-17/h4-12H,3H2,1-2H3,(H2,23,24). The molecule has 1 aromatic heterocycles. The van der Waals surface area contributed by atoms with Gasteiger partial charge in [0.05, 0.1) is 5.69 Å². The largest absolute Gasteiger partial charge is 0.383 e. The molecule has 0 fully saturated rings. The monoisotopic (exact) mass is 313 g/mol. The zero-order valence-electron chi connectivity index (χ0n) is 13.9. The summed E-state index contributed by atoms with van der Waals surface area (Å²) in [4.78, 5) is 4.42. The van der Waals surface area contributed by atoms with Gasteiger partial charge in [0.2, 0.25) is 0 Å². The molecule has 2 N–H and O–H groups in total. The SMILES string of the molecule is CCc1ccc(-c2cc(-c3ccc(C)cc3)nc(N)c2C#N)cc1. The zero-order valence-corrected chi connectivity index (χ0v) is 13.9. The number of anilines is 1. The average Bonchev–Trinajstić information content (AvgIpc) is 2.61. The minimum atomic E-state index is 0.269. The molecule has 3 aromatic rings. The van der Waals surface area contributed by atoms with Crippen molar-refractivity contribution in [1.82, 2.24) is 4.98 Å². The number of rotatable bonds is 3. The molecule has 0 aliphatic heterocycles. The highest BCUT2D eigenvalue weighted by atomic mass is 14.8.